The topological polar surface area (TPSA) is 102 Å². The fourth-order valence-corrected chi connectivity index (χ4v) is 3.90. The number of tetrazole rings is 1. The second-order valence-corrected chi connectivity index (χ2v) is 8.70. The van der Waals surface area contributed by atoms with Gasteiger partial charge in [-0.25, -0.2) is 0 Å². The molecule has 0 unspecified atom stereocenters. The van der Waals surface area contributed by atoms with Crippen molar-refractivity contribution in [2.45, 2.75) is 25.5 Å². The van der Waals surface area contributed by atoms with Gasteiger partial charge in [-0.05, 0) is 54.1 Å². The Kier molecular flexibility index (Phi) is 7.34. The third-order valence-corrected chi connectivity index (χ3v) is 5.99. The van der Waals surface area contributed by atoms with Crippen molar-refractivity contribution < 1.29 is 9.59 Å². The molecule has 8 nitrogen and oxygen atoms in total. The summed E-state index contributed by atoms with van der Waals surface area (Å²) in [5.41, 5.74) is 4.96. The van der Waals surface area contributed by atoms with E-state index in [1.165, 1.54) is 11.8 Å². The normalized spacial score (nSPS) is 10.6. The molecule has 0 bridgehead atoms. The fraction of sp³-hybridized carbons (Fsp3) is 0.160. The van der Waals surface area contributed by atoms with Crippen LogP contribution < -0.4 is 10.6 Å². The Morgan fingerprint density at radius 1 is 0.912 bits per heavy atom. The van der Waals surface area contributed by atoms with Crippen LogP contribution in [0.3, 0.4) is 0 Å². The highest BCUT2D eigenvalue weighted by atomic mass is 32.2. The van der Waals surface area contributed by atoms with E-state index in [9.17, 15) is 9.59 Å². The maximum atomic E-state index is 12.8. The average Bonchev–Trinajstić information content (AvgIpc) is 3.32. The van der Waals surface area contributed by atoms with Crippen LogP contribution in [0.25, 0.3) is 5.69 Å². The molecule has 0 aliphatic rings. The molecule has 0 saturated carbocycles. The van der Waals surface area contributed by atoms with Gasteiger partial charge < -0.3 is 10.6 Å². The van der Waals surface area contributed by atoms with Crippen LogP contribution in [-0.4, -0.2) is 37.8 Å². The molecular formula is C25H24N6O2S. The molecule has 0 radical (unpaired) electrons. The Morgan fingerprint density at radius 2 is 1.59 bits per heavy atom. The van der Waals surface area contributed by atoms with Gasteiger partial charge in [0.05, 0.1) is 22.7 Å². The number of benzene rings is 3. The summed E-state index contributed by atoms with van der Waals surface area (Å²) in [4.78, 5) is 25.4. The van der Waals surface area contributed by atoms with E-state index in [1.807, 2.05) is 62.4 Å². The molecule has 2 amide bonds. The highest BCUT2D eigenvalue weighted by Crippen LogP contribution is 2.20. The van der Waals surface area contributed by atoms with Crippen molar-refractivity contribution in [3.63, 3.8) is 0 Å². The van der Waals surface area contributed by atoms with Gasteiger partial charge in [0.1, 0.15) is 0 Å². The van der Waals surface area contributed by atoms with E-state index in [-0.39, 0.29) is 17.6 Å². The lowest BCUT2D eigenvalue weighted by Crippen LogP contribution is -2.25. The van der Waals surface area contributed by atoms with E-state index in [0.29, 0.717) is 23.0 Å². The maximum Gasteiger partial charge on any atom is 0.253 e. The van der Waals surface area contributed by atoms with E-state index >= 15 is 0 Å². The monoisotopic (exact) mass is 472 g/mol. The predicted octanol–water partition coefficient (Wildman–Crippen LogP) is 3.94. The molecule has 0 aliphatic carbocycles. The predicted molar refractivity (Wildman–Crippen MR) is 132 cm³/mol. The number of hydrogen-bond donors (Lipinski definition) is 2. The molecule has 0 fully saturated rings. The summed E-state index contributed by atoms with van der Waals surface area (Å²) in [6.07, 6.45) is 0. The average molecular weight is 473 g/mol. The molecule has 1 aromatic heterocycles. The van der Waals surface area contributed by atoms with Gasteiger partial charge in [-0.15, -0.1) is 5.10 Å². The number of nitrogens with one attached hydrogen (secondary N) is 2. The standard InChI is InChI=1S/C25H24N6O2S/c1-17-7-11-19(12-8-17)15-26-24(33)21-5-3-4-6-22(21)27-23(32)16-34-25-28-29-30-31(25)20-13-9-18(2)10-14-20/h3-14H,15-16H2,1-2H3,(H,26,33)(H,27,32). The number of amides is 2. The Labute approximate surface area is 201 Å². The summed E-state index contributed by atoms with van der Waals surface area (Å²) in [5, 5.41) is 18.0. The number of carbonyl (C=O) groups excluding carboxylic acids is 2. The zero-order valence-corrected chi connectivity index (χ0v) is 19.7. The molecule has 4 aromatic rings. The minimum Gasteiger partial charge on any atom is -0.348 e. The van der Waals surface area contributed by atoms with Crippen molar-refractivity contribution in [1.29, 1.82) is 0 Å². The van der Waals surface area contributed by atoms with Crippen LogP contribution in [0.1, 0.15) is 27.0 Å². The quantitative estimate of drug-likeness (QED) is 0.377. The van der Waals surface area contributed by atoms with Gasteiger partial charge in [-0.2, -0.15) is 4.68 Å². The lowest BCUT2D eigenvalue weighted by Gasteiger charge is -2.12. The molecule has 172 valence electrons. The first kappa shape index (κ1) is 23.2. The molecule has 1 heterocycles. The van der Waals surface area contributed by atoms with Crippen molar-refractivity contribution in [3.05, 3.63) is 95.1 Å². The van der Waals surface area contributed by atoms with E-state index in [1.54, 1.807) is 28.9 Å². The summed E-state index contributed by atoms with van der Waals surface area (Å²) in [5.74, 6) is -0.430. The molecule has 0 atom stereocenters. The van der Waals surface area contributed by atoms with E-state index in [2.05, 4.69) is 26.2 Å². The van der Waals surface area contributed by atoms with Crippen molar-refractivity contribution in [1.82, 2.24) is 25.5 Å². The third kappa shape index (κ3) is 5.87. The Balaban J connectivity index is 1.37. The number of rotatable bonds is 8. The maximum absolute atomic E-state index is 12.8. The second-order valence-electron chi connectivity index (χ2n) is 7.76. The van der Waals surface area contributed by atoms with Gasteiger partial charge in [0.25, 0.3) is 5.91 Å². The lowest BCUT2D eigenvalue weighted by atomic mass is 10.1. The van der Waals surface area contributed by atoms with Crippen molar-refractivity contribution in [2.24, 2.45) is 0 Å². The number of aromatic nitrogens is 4. The molecule has 4 rings (SSSR count). The molecule has 2 N–H and O–H groups in total. The summed E-state index contributed by atoms with van der Waals surface area (Å²) in [6.45, 7) is 4.42. The van der Waals surface area contributed by atoms with E-state index < -0.39 is 0 Å². The number of hydrogen-bond acceptors (Lipinski definition) is 6. The SMILES string of the molecule is Cc1ccc(CNC(=O)c2ccccc2NC(=O)CSc2nnnn2-c2ccc(C)cc2)cc1. The summed E-state index contributed by atoms with van der Waals surface area (Å²) >= 11 is 1.22. The minimum atomic E-state index is -0.262. The van der Waals surface area contributed by atoms with Crippen LogP contribution in [-0.2, 0) is 11.3 Å². The van der Waals surface area contributed by atoms with Crippen molar-refractivity contribution >= 4 is 29.3 Å². The number of thioether (sulfide) groups is 1. The van der Waals surface area contributed by atoms with Gasteiger partial charge in [0, 0.05) is 6.54 Å². The summed E-state index contributed by atoms with van der Waals surface area (Å²) in [7, 11) is 0. The van der Waals surface area contributed by atoms with Crippen LogP contribution in [0.2, 0.25) is 0 Å². The summed E-state index contributed by atoms with van der Waals surface area (Å²) in [6, 6.07) is 22.7. The zero-order valence-electron chi connectivity index (χ0n) is 18.9. The number of carbonyl (C=O) groups is 2. The number of anilines is 1. The number of para-hydroxylation sites is 1. The molecule has 0 saturated heterocycles. The first-order chi connectivity index (χ1) is 16.5. The molecular weight excluding hydrogens is 448 g/mol. The van der Waals surface area contributed by atoms with Crippen LogP contribution in [0.4, 0.5) is 5.69 Å². The van der Waals surface area contributed by atoms with Gasteiger partial charge in [-0.1, -0.05) is 71.4 Å². The fourth-order valence-electron chi connectivity index (χ4n) is 3.21. The number of aryl methyl sites for hydroxylation is 2. The third-order valence-electron chi connectivity index (χ3n) is 5.07. The van der Waals surface area contributed by atoms with Crippen LogP contribution in [0.15, 0.2) is 78.0 Å². The molecule has 9 heteroatoms. The second kappa shape index (κ2) is 10.8. The van der Waals surface area contributed by atoms with Crippen molar-refractivity contribution in [2.75, 3.05) is 11.1 Å². The first-order valence-electron chi connectivity index (χ1n) is 10.7. The largest absolute Gasteiger partial charge is 0.348 e. The van der Waals surface area contributed by atoms with E-state index in [0.717, 1.165) is 22.4 Å². The van der Waals surface area contributed by atoms with Crippen molar-refractivity contribution in [3.8, 4) is 5.69 Å². The molecule has 0 spiro atoms. The van der Waals surface area contributed by atoms with Gasteiger partial charge in [-0.3, -0.25) is 9.59 Å². The Bertz CT molecular complexity index is 1290. The Hall–Kier alpha value is -3.98. The molecule has 3 aromatic carbocycles. The highest BCUT2D eigenvalue weighted by molar-refractivity contribution is 7.99. The van der Waals surface area contributed by atoms with Gasteiger partial charge in [0.2, 0.25) is 11.1 Å². The Morgan fingerprint density at radius 3 is 2.32 bits per heavy atom. The zero-order chi connectivity index (χ0) is 23.9. The first-order valence-corrected chi connectivity index (χ1v) is 11.7. The summed E-state index contributed by atoms with van der Waals surface area (Å²) < 4.78 is 1.59. The van der Waals surface area contributed by atoms with Gasteiger partial charge >= 0.3 is 0 Å². The smallest absolute Gasteiger partial charge is 0.253 e. The molecule has 34 heavy (non-hydrogen) atoms. The molecule has 0 aliphatic heterocycles. The lowest BCUT2D eigenvalue weighted by molar-refractivity contribution is -0.113. The van der Waals surface area contributed by atoms with Crippen LogP contribution >= 0.6 is 11.8 Å². The van der Waals surface area contributed by atoms with E-state index in [4.69, 9.17) is 0 Å². The van der Waals surface area contributed by atoms with Crippen LogP contribution in [0, 0.1) is 13.8 Å². The number of nitrogens with zero attached hydrogens (tertiary/aromatic N) is 4. The van der Waals surface area contributed by atoms with Gasteiger partial charge in [0.15, 0.2) is 0 Å². The van der Waals surface area contributed by atoms with Crippen LogP contribution in [0.5, 0.6) is 0 Å². The highest BCUT2D eigenvalue weighted by Gasteiger charge is 2.15. The minimum absolute atomic E-state index is 0.0888.